The van der Waals surface area contributed by atoms with Gasteiger partial charge in [-0.3, -0.25) is 5.10 Å². The van der Waals surface area contributed by atoms with Crippen LogP contribution in [-0.2, 0) is 6.54 Å². The van der Waals surface area contributed by atoms with E-state index in [9.17, 15) is 0 Å². The molecular formula is C11H11BrIN3S. The lowest BCUT2D eigenvalue weighted by Gasteiger charge is -2.07. The Morgan fingerprint density at radius 3 is 3.00 bits per heavy atom. The molecule has 0 unspecified atom stereocenters. The fourth-order valence-corrected chi connectivity index (χ4v) is 2.78. The first kappa shape index (κ1) is 13.2. The molecular weight excluding hydrogens is 413 g/mol. The van der Waals surface area contributed by atoms with E-state index in [0.29, 0.717) is 4.77 Å². The van der Waals surface area contributed by atoms with Crippen LogP contribution in [0.1, 0.15) is 13.3 Å². The zero-order chi connectivity index (χ0) is 12.4. The molecule has 0 fully saturated rings. The third kappa shape index (κ3) is 2.79. The molecule has 0 saturated carbocycles. The number of benzene rings is 1. The monoisotopic (exact) mass is 423 g/mol. The summed E-state index contributed by atoms with van der Waals surface area (Å²) in [4.78, 5) is 0. The van der Waals surface area contributed by atoms with Gasteiger partial charge in [0.15, 0.2) is 10.6 Å². The van der Waals surface area contributed by atoms with Crippen molar-refractivity contribution in [1.82, 2.24) is 14.8 Å². The minimum atomic E-state index is 0.678. The van der Waals surface area contributed by atoms with Gasteiger partial charge in [0, 0.05) is 20.2 Å². The molecule has 1 N–H and O–H groups in total. The van der Waals surface area contributed by atoms with Crippen molar-refractivity contribution in [2.45, 2.75) is 19.9 Å². The first-order chi connectivity index (χ1) is 8.13. The fraction of sp³-hybridized carbons (Fsp3) is 0.273. The Labute approximate surface area is 127 Å². The quantitative estimate of drug-likeness (QED) is 0.586. The number of rotatable bonds is 3. The summed E-state index contributed by atoms with van der Waals surface area (Å²) in [6, 6.07) is 6.16. The number of nitrogens with one attached hydrogen (secondary N) is 1. The van der Waals surface area contributed by atoms with E-state index in [1.807, 2.05) is 10.6 Å². The van der Waals surface area contributed by atoms with E-state index in [4.69, 9.17) is 12.2 Å². The van der Waals surface area contributed by atoms with Crippen molar-refractivity contribution in [1.29, 1.82) is 0 Å². The lowest BCUT2D eigenvalue weighted by molar-refractivity contribution is 0.674. The fourth-order valence-electron chi connectivity index (χ4n) is 1.62. The molecule has 0 saturated heterocycles. The van der Waals surface area contributed by atoms with Crippen LogP contribution in [0.2, 0.25) is 0 Å². The smallest absolute Gasteiger partial charge is 0.195 e. The highest BCUT2D eigenvalue weighted by molar-refractivity contribution is 14.1. The van der Waals surface area contributed by atoms with E-state index >= 15 is 0 Å². The predicted octanol–water partition coefficient (Wildman–Crippen LogP) is 4.38. The zero-order valence-electron chi connectivity index (χ0n) is 9.20. The van der Waals surface area contributed by atoms with Crippen LogP contribution in [0, 0.1) is 8.34 Å². The lowest BCUT2D eigenvalue weighted by Crippen LogP contribution is -2.01. The number of halogens is 2. The van der Waals surface area contributed by atoms with Crippen LogP contribution in [0.3, 0.4) is 0 Å². The van der Waals surface area contributed by atoms with E-state index in [1.165, 1.54) is 0 Å². The molecule has 2 aromatic rings. The Hall–Kier alpha value is -0.210. The summed E-state index contributed by atoms with van der Waals surface area (Å²) in [5.74, 6) is 0.905. The van der Waals surface area contributed by atoms with Gasteiger partial charge in [-0.2, -0.15) is 5.10 Å². The number of aromatic amines is 1. The molecule has 1 heterocycles. The Balaban J connectivity index is 2.60. The largest absolute Gasteiger partial charge is 0.300 e. The van der Waals surface area contributed by atoms with Crippen LogP contribution >= 0.6 is 50.7 Å². The van der Waals surface area contributed by atoms with E-state index < -0.39 is 0 Å². The van der Waals surface area contributed by atoms with Crippen LogP contribution in [0.15, 0.2) is 22.7 Å². The summed E-state index contributed by atoms with van der Waals surface area (Å²) in [6.07, 6.45) is 1.03. The maximum Gasteiger partial charge on any atom is 0.195 e. The molecule has 0 atom stereocenters. The second kappa shape index (κ2) is 5.62. The third-order valence-electron chi connectivity index (χ3n) is 2.37. The topological polar surface area (TPSA) is 33.6 Å². The number of H-pyrrole nitrogens is 1. The van der Waals surface area contributed by atoms with E-state index in [2.05, 4.69) is 67.8 Å². The van der Waals surface area contributed by atoms with Gasteiger partial charge in [-0.15, -0.1) is 0 Å². The molecule has 3 nitrogen and oxygen atoms in total. The Kier molecular flexibility index (Phi) is 4.37. The molecule has 90 valence electrons. The van der Waals surface area contributed by atoms with Gasteiger partial charge in [0.25, 0.3) is 0 Å². The number of hydrogen-bond donors (Lipinski definition) is 1. The average molecular weight is 424 g/mol. The Bertz CT molecular complexity index is 591. The van der Waals surface area contributed by atoms with Crippen molar-refractivity contribution in [3.63, 3.8) is 0 Å². The van der Waals surface area contributed by atoms with Gasteiger partial charge in [-0.25, -0.2) is 0 Å². The van der Waals surface area contributed by atoms with E-state index in [0.717, 1.165) is 32.4 Å². The number of aromatic nitrogens is 3. The summed E-state index contributed by atoms with van der Waals surface area (Å²) in [6.45, 7) is 3.01. The molecule has 17 heavy (non-hydrogen) atoms. The summed E-state index contributed by atoms with van der Waals surface area (Å²) in [5.41, 5.74) is 1.10. The molecule has 0 aliphatic heterocycles. The van der Waals surface area contributed by atoms with Crippen LogP contribution in [0.5, 0.6) is 0 Å². The molecule has 0 radical (unpaired) electrons. The first-order valence-corrected chi connectivity index (χ1v) is 7.52. The van der Waals surface area contributed by atoms with Crippen LogP contribution in [0.4, 0.5) is 0 Å². The third-order valence-corrected chi connectivity index (χ3v) is 4.12. The van der Waals surface area contributed by atoms with Crippen LogP contribution in [0.25, 0.3) is 11.4 Å². The van der Waals surface area contributed by atoms with Crippen molar-refractivity contribution < 1.29 is 0 Å². The van der Waals surface area contributed by atoms with E-state index in [-0.39, 0.29) is 0 Å². The van der Waals surface area contributed by atoms with Crippen molar-refractivity contribution >= 4 is 50.7 Å². The summed E-state index contributed by atoms with van der Waals surface area (Å²) in [5, 5.41) is 7.19. The van der Waals surface area contributed by atoms with Gasteiger partial charge >= 0.3 is 0 Å². The average Bonchev–Trinajstić information content (AvgIpc) is 2.65. The molecule has 1 aromatic carbocycles. The maximum atomic E-state index is 5.25. The normalized spacial score (nSPS) is 10.8. The van der Waals surface area contributed by atoms with Gasteiger partial charge in [0.05, 0.1) is 0 Å². The molecule has 2 rings (SSSR count). The minimum Gasteiger partial charge on any atom is -0.300 e. The SMILES string of the molecule is CCCn1c(-c2cc(Br)ccc2I)n[nH]c1=S. The molecule has 0 aliphatic carbocycles. The van der Waals surface area contributed by atoms with Gasteiger partial charge in [-0.05, 0) is 59.4 Å². The highest BCUT2D eigenvalue weighted by atomic mass is 127. The summed E-state index contributed by atoms with van der Waals surface area (Å²) >= 11 is 11.0. The molecule has 0 bridgehead atoms. The van der Waals surface area contributed by atoms with Crippen molar-refractivity contribution in [3.05, 3.63) is 31.0 Å². The number of nitrogens with zero attached hydrogens (tertiary/aromatic N) is 2. The highest BCUT2D eigenvalue weighted by Crippen LogP contribution is 2.27. The summed E-state index contributed by atoms with van der Waals surface area (Å²) < 4.78 is 4.93. The first-order valence-electron chi connectivity index (χ1n) is 5.24. The van der Waals surface area contributed by atoms with Gasteiger partial charge in [-0.1, -0.05) is 22.9 Å². The summed E-state index contributed by atoms with van der Waals surface area (Å²) in [7, 11) is 0. The highest BCUT2D eigenvalue weighted by Gasteiger charge is 2.11. The van der Waals surface area contributed by atoms with Gasteiger partial charge in [0.1, 0.15) is 0 Å². The minimum absolute atomic E-state index is 0.678. The second-order valence-corrected chi connectivity index (χ2v) is 6.09. The van der Waals surface area contributed by atoms with Gasteiger partial charge < -0.3 is 4.57 Å². The molecule has 6 heteroatoms. The lowest BCUT2D eigenvalue weighted by atomic mass is 10.2. The van der Waals surface area contributed by atoms with Crippen molar-refractivity contribution in [2.24, 2.45) is 0 Å². The standard InChI is InChI=1S/C11H11BrIN3S/c1-2-5-16-10(14-15-11(16)17)8-6-7(12)3-4-9(8)13/h3-4,6H,2,5H2,1H3,(H,15,17). The maximum absolute atomic E-state index is 5.25. The van der Waals surface area contributed by atoms with Crippen molar-refractivity contribution in [2.75, 3.05) is 0 Å². The molecule has 0 aliphatic rings. The Morgan fingerprint density at radius 2 is 2.29 bits per heavy atom. The van der Waals surface area contributed by atoms with Gasteiger partial charge in [0.2, 0.25) is 0 Å². The van der Waals surface area contributed by atoms with Crippen molar-refractivity contribution in [3.8, 4) is 11.4 Å². The molecule has 1 aromatic heterocycles. The zero-order valence-corrected chi connectivity index (χ0v) is 13.8. The van der Waals surface area contributed by atoms with Crippen LogP contribution < -0.4 is 0 Å². The Morgan fingerprint density at radius 1 is 1.53 bits per heavy atom. The molecule has 0 amide bonds. The predicted molar refractivity (Wildman–Crippen MR) is 83.6 cm³/mol. The van der Waals surface area contributed by atoms with Crippen LogP contribution in [-0.4, -0.2) is 14.8 Å². The second-order valence-electron chi connectivity index (χ2n) is 3.63. The number of hydrogen-bond acceptors (Lipinski definition) is 2. The van der Waals surface area contributed by atoms with E-state index in [1.54, 1.807) is 0 Å². The molecule has 0 spiro atoms.